The van der Waals surface area contributed by atoms with E-state index in [0.717, 1.165) is 151 Å². The molecule has 0 N–H and O–H groups in total. The van der Waals surface area contributed by atoms with E-state index in [1.54, 1.807) is 0 Å². The lowest BCUT2D eigenvalue weighted by Gasteiger charge is -2.39. The van der Waals surface area contributed by atoms with Gasteiger partial charge in [0.15, 0.2) is 11.6 Å². The third-order valence-electron chi connectivity index (χ3n) is 23.1. The first-order valence-corrected chi connectivity index (χ1v) is 37.6. The van der Waals surface area contributed by atoms with Gasteiger partial charge < -0.3 is 9.47 Å². The average molecular weight is 1400 g/mol. The summed E-state index contributed by atoms with van der Waals surface area (Å²) in [5.74, 6) is 4.66. The van der Waals surface area contributed by atoms with Crippen LogP contribution in [0.5, 0.6) is 23.0 Å². The highest BCUT2D eigenvalue weighted by molar-refractivity contribution is 5.99. The second kappa shape index (κ2) is 25.1. The first-order valence-electron chi connectivity index (χ1n) is 37.6. The van der Waals surface area contributed by atoms with E-state index in [0.29, 0.717) is 11.6 Å². The number of hydrogen-bond donors (Lipinski definition) is 0. The zero-order valence-electron chi connectivity index (χ0n) is 59.6. The molecule has 2 aliphatic carbocycles. The molecular formula is C104H64N4O2. The van der Waals surface area contributed by atoms with Crippen LogP contribution in [-0.4, -0.2) is 19.9 Å². The maximum Gasteiger partial charge on any atom is 0.161 e. The van der Waals surface area contributed by atoms with Gasteiger partial charge in [-0.2, -0.15) is 0 Å². The molecule has 1 atom stereocenters. The Morgan fingerprint density at radius 1 is 0.173 bits per heavy atom. The highest BCUT2D eigenvalue weighted by Crippen LogP contribution is 2.65. The fraction of sp³-hybridized carbons (Fsp3) is 0.0192. The van der Waals surface area contributed by atoms with Crippen molar-refractivity contribution in [2.45, 2.75) is 10.8 Å². The van der Waals surface area contributed by atoms with Crippen LogP contribution < -0.4 is 9.47 Å². The maximum atomic E-state index is 7.04. The Morgan fingerprint density at radius 2 is 0.509 bits per heavy atom. The molecule has 2 aromatic heterocycles. The van der Waals surface area contributed by atoms with Gasteiger partial charge >= 0.3 is 0 Å². The van der Waals surface area contributed by atoms with Crippen molar-refractivity contribution in [2.24, 2.45) is 0 Å². The van der Waals surface area contributed by atoms with Gasteiger partial charge in [-0.15, -0.1) is 0 Å². The Kier molecular flexibility index (Phi) is 14.3. The zero-order chi connectivity index (χ0) is 72.4. The van der Waals surface area contributed by atoms with Crippen molar-refractivity contribution in [1.82, 2.24) is 19.9 Å². The molecule has 6 heteroatoms. The SMILES string of the molecule is c1ccc(-c2cc(-c3ccc(-c4ccc(-c5cccc6c5-c5ccccc5C65c6ccccc6Oc6ccc(-c7ccccc7-c7nc(-c8ccccc8)cc(-c8ccc9ccccc9c8)n7)cc65)cc4)cc3)nc(-c3ccccc3-c3ccc4c(c3)C3(c5ccccc5O4)c4ccccc4-c4ccccc43)n2)cc1. The summed E-state index contributed by atoms with van der Waals surface area (Å²) in [5.41, 5.74) is 30.8. The monoisotopic (exact) mass is 1400 g/mol. The van der Waals surface area contributed by atoms with Gasteiger partial charge in [-0.1, -0.05) is 334 Å². The molecule has 22 rings (SSSR count). The predicted molar refractivity (Wildman–Crippen MR) is 444 cm³/mol. The van der Waals surface area contributed by atoms with Gasteiger partial charge in [0.25, 0.3) is 0 Å². The van der Waals surface area contributed by atoms with Crippen LogP contribution in [0.25, 0.3) is 145 Å². The van der Waals surface area contributed by atoms with Gasteiger partial charge in [-0.25, -0.2) is 19.9 Å². The van der Waals surface area contributed by atoms with E-state index in [2.05, 4.69) is 376 Å². The van der Waals surface area contributed by atoms with Crippen LogP contribution in [0.1, 0.15) is 44.5 Å². The Bertz CT molecular complexity index is 6740. The smallest absolute Gasteiger partial charge is 0.161 e. The molecule has 4 heterocycles. The van der Waals surface area contributed by atoms with Crippen molar-refractivity contribution in [2.75, 3.05) is 0 Å². The summed E-state index contributed by atoms with van der Waals surface area (Å²) in [4.78, 5) is 21.7. The Balaban J connectivity index is 0.614. The molecule has 0 saturated heterocycles. The number of para-hydroxylation sites is 2. The molecule has 2 spiro atoms. The van der Waals surface area contributed by atoms with Gasteiger partial charge in [0.1, 0.15) is 23.0 Å². The molecule has 0 saturated carbocycles. The Morgan fingerprint density at radius 3 is 1.03 bits per heavy atom. The lowest BCUT2D eigenvalue weighted by Crippen LogP contribution is -2.32. The number of benzene rings is 16. The van der Waals surface area contributed by atoms with Crippen molar-refractivity contribution >= 4 is 10.8 Å². The lowest BCUT2D eigenvalue weighted by molar-refractivity contribution is 0.436. The summed E-state index contributed by atoms with van der Waals surface area (Å²) in [7, 11) is 0. The second-order valence-electron chi connectivity index (χ2n) is 28.9. The Labute approximate surface area is 637 Å². The van der Waals surface area contributed by atoms with E-state index in [1.807, 2.05) is 12.1 Å². The fourth-order valence-electron chi connectivity index (χ4n) is 18.2. The number of hydrogen-bond acceptors (Lipinski definition) is 6. The summed E-state index contributed by atoms with van der Waals surface area (Å²) in [6.07, 6.45) is 0. The second-order valence-corrected chi connectivity index (χ2v) is 28.9. The molecular weight excluding hydrogens is 1340 g/mol. The van der Waals surface area contributed by atoms with E-state index in [9.17, 15) is 0 Å². The Hall–Kier alpha value is -14.5. The average Bonchev–Trinajstić information content (AvgIpc) is 1.47. The minimum Gasteiger partial charge on any atom is -0.457 e. The third-order valence-corrected chi connectivity index (χ3v) is 23.1. The molecule has 0 radical (unpaired) electrons. The molecule has 0 amide bonds. The molecule has 512 valence electrons. The normalized spacial score (nSPS) is 14.1. The largest absolute Gasteiger partial charge is 0.457 e. The van der Waals surface area contributed by atoms with Crippen LogP contribution >= 0.6 is 0 Å². The van der Waals surface area contributed by atoms with E-state index in [-0.39, 0.29) is 0 Å². The summed E-state index contributed by atoms with van der Waals surface area (Å²) in [5, 5.41) is 2.34. The molecule has 2 aliphatic heterocycles. The van der Waals surface area contributed by atoms with E-state index >= 15 is 0 Å². The van der Waals surface area contributed by atoms with Gasteiger partial charge in [0, 0.05) is 55.6 Å². The van der Waals surface area contributed by atoms with Crippen LogP contribution in [0.15, 0.2) is 388 Å². The van der Waals surface area contributed by atoms with E-state index < -0.39 is 10.8 Å². The van der Waals surface area contributed by atoms with Gasteiger partial charge in [0.05, 0.1) is 33.6 Å². The van der Waals surface area contributed by atoms with Crippen LogP contribution in [0.2, 0.25) is 0 Å². The number of nitrogens with zero attached hydrogens (tertiary/aromatic N) is 4. The molecule has 0 fully saturated rings. The van der Waals surface area contributed by atoms with Crippen molar-refractivity contribution in [3.8, 4) is 158 Å². The fourth-order valence-corrected chi connectivity index (χ4v) is 18.2. The van der Waals surface area contributed by atoms with E-state index in [4.69, 9.17) is 29.4 Å². The molecule has 18 aromatic rings. The van der Waals surface area contributed by atoms with Crippen molar-refractivity contribution in [1.29, 1.82) is 0 Å². The molecule has 0 bridgehead atoms. The van der Waals surface area contributed by atoms with Crippen LogP contribution in [0.4, 0.5) is 0 Å². The molecule has 110 heavy (non-hydrogen) atoms. The summed E-state index contributed by atoms with van der Waals surface area (Å²) in [6, 6.07) is 139. The van der Waals surface area contributed by atoms with Crippen LogP contribution in [-0.2, 0) is 10.8 Å². The van der Waals surface area contributed by atoms with Crippen LogP contribution in [0, 0.1) is 0 Å². The molecule has 16 aromatic carbocycles. The van der Waals surface area contributed by atoms with Gasteiger partial charge in [-0.05, 0) is 154 Å². The summed E-state index contributed by atoms with van der Waals surface area (Å²) < 4.78 is 13.9. The number of fused-ring (bicyclic) bond motifs is 19. The predicted octanol–water partition coefficient (Wildman–Crippen LogP) is 26.0. The lowest BCUT2D eigenvalue weighted by atomic mass is 9.65. The number of aromatic nitrogens is 4. The summed E-state index contributed by atoms with van der Waals surface area (Å²) >= 11 is 0. The van der Waals surface area contributed by atoms with Gasteiger partial charge in [0.2, 0.25) is 0 Å². The topological polar surface area (TPSA) is 70.0 Å². The quantitative estimate of drug-likeness (QED) is 0.136. The number of rotatable bonds is 10. The first kappa shape index (κ1) is 62.9. The molecule has 6 nitrogen and oxygen atoms in total. The van der Waals surface area contributed by atoms with E-state index in [1.165, 1.54) is 49.9 Å². The standard InChI is InChI=1S/C104H64N4O2/c1-3-25-69(26-4-1)92-63-94(107-101(105-92)81-34-11-9-30-76(81)73-56-58-98-90(61-73)103(87-41-19-21-44-96(87)109-98)84-38-16-13-32-79(84)80-33-14-17-39-85(80)103)71-53-48-67(49-54-71)66-46-51-68(52-47-66)78-37-23-43-89-100(78)83-36-15-18-40-86(83)104(89)88-42-20-22-45-97(88)110-99-59-57-74(62-91(99)104)77-31-10-12-35-82(77)102-106-93(70-27-5-2-6-28-70)64-95(108-102)75-55-50-65-24-7-8-29-72(65)60-75/h1-64H. The summed E-state index contributed by atoms with van der Waals surface area (Å²) in [6.45, 7) is 0. The minimum absolute atomic E-state index is 0.606. The van der Waals surface area contributed by atoms with Crippen molar-refractivity contribution in [3.05, 3.63) is 433 Å². The molecule has 1 unspecified atom stereocenters. The highest BCUT2D eigenvalue weighted by Gasteiger charge is 2.53. The number of ether oxygens (including phenoxy) is 2. The molecule has 4 aliphatic rings. The van der Waals surface area contributed by atoms with Crippen LogP contribution in [0.3, 0.4) is 0 Å². The minimum atomic E-state index is -0.743. The van der Waals surface area contributed by atoms with Crippen molar-refractivity contribution in [3.63, 3.8) is 0 Å². The first-order chi connectivity index (χ1) is 54.5. The maximum absolute atomic E-state index is 7.04. The third kappa shape index (κ3) is 9.76. The highest BCUT2D eigenvalue weighted by atomic mass is 16.5. The van der Waals surface area contributed by atoms with Gasteiger partial charge in [-0.3, -0.25) is 0 Å². The van der Waals surface area contributed by atoms with Crippen molar-refractivity contribution < 1.29 is 9.47 Å². The zero-order valence-corrected chi connectivity index (χ0v) is 59.6.